The van der Waals surface area contributed by atoms with E-state index in [4.69, 9.17) is 0 Å². The number of likely N-dealkylation sites (tertiary alicyclic amines) is 1. The standard InChI is InChI=1S/C19H23N5O2S/c25-18(20-12-6-7-12)15-9-8-14(27-15)13-4-3-11-23(13)19(26)17-22-21-16-5-1-2-10-24(16)17/h8-9,12-13H,1-7,10-11H2,(H,20,25)/t13-/m1/s1. The third-order valence-corrected chi connectivity index (χ3v) is 6.84. The molecule has 142 valence electrons. The van der Waals surface area contributed by atoms with Crippen LogP contribution in [0.5, 0.6) is 0 Å². The van der Waals surface area contributed by atoms with Crippen LogP contribution in [0.1, 0.15) is 75.6 Å². The van der Waals surface area contributed by atoms with Crippen molar-refractivity contribution in [2.45, 2.75) is 63.6 Å². The van der Waals surface area contributed by atoms with Crippen molar-refractivity contribution in [1.29, 1.82) is 0 Å². The topological polar surface area (TPSA) is 80.1 Å². The molecule has 0 unspecified atom stereocenters. The molecule has 8 heteroatoms. The Morgan fingerprint density at radius 1 is 1.07 bits per heavy atom. The van der Waals surface area contributed by atoms with Crippen molar-refractivity contribution in [1.82, 2.24) is 25.0 Å². The van der Waals surface area contributed by atoms with E-state index in [-0.39, 0.29) is 17.9 Å². The summed E-state index contributed by atoms with van der Waals surface area (Å²) in [6, 6.07) is 4.27. The molecule has 5 rings (SSSR count). The molecule has 2 fully saturated rings. The number of amides is 2. The van der Waals surface area contributed by atoms with E-state index in [0.29, 0.717) is 11.9 Å². The van der Waals surface area contributed by atoms with Crippen LogP contribution >= 0.6 is 11.3 Å². The Balaban J connectivity index is 1.36. The molecule has 1 N–H and O–H groups in total. The number of hydrogen-bond donors (Lipinski definition) is 1. The van der Waals surface area contributed by atoms with Crippen LogP contribution in [-0.4, -0.2) is 44.1 Å². The van der Waals surface area contributed by atoms with Gasteiger partial charge in [-0.2, -0.15) is 0 Å². The average molecular weight is 385 g/mol. The van der Waals surface area contributed by atoms with Crippen LogP contribution in [0.2, 0.25) is 0 Å². The number of carbonyl (C=O) groups excluding carboxylic acids is 2. The molecular weight excluding hydrogens is 362 g/mol. The number of nitrogens with zero attached hydrogens (tertiary/aromatic N) is 4. The number of aromatic nitrogens is 3. The molecule has 7 nitrogen and oxygen atoms in total. The lowest BCUT2D eigenvalue weighted by Gasteiger charge is -2.24. The smallest absolute Gasteiger partial charge is 0.292 e. The Bertz CT molecular complexity index is 885. The highest BCUT2D eigenvalue weighted by Crippen LogP contribution is 2.37. The van der Waals surface area contributed by atoms with Crippen LogP contribution in [-0.2, 0) is 13.0 Å². The van der Waals surface area contributed by atoms with Crippen molar-refractivity contribution in [3.05, 3.63) is 33.5 Å². The van der Waals surface area contributed by atoms with E-state index in [2.05, 4.69) is 15.5 Å². The number of rotatable bonds is 4. The van der Waals surface area contributed by atoms with E-state index < -0.39 is 0 Å². The molecule has 0 bridgehead atoms. The first kappa shape index (κ1) is 16.9. The third kappa shape index (κ3) is 3.16. The normalized spacial score (nSPS) is 21.9. The molecule has 1 aliphatic carbocycles. The number of carbonyl (C=O) groups is 2. The predicted octanol–water partition coefficient (Wildman–Crippen LogP) is 2.55. The van der Waals surface area contributed by atoms with E-state index in [1.54, 1.807) is 0 Å². The second-order valence-corrected chi connectivity index (χ2v) is 8.77. The van der Waals surface area contributed by atoms with Gasteiger partial charge in [-0.1, -0.05) is 0 Å². The van der Waals surface area contributed by atoms with E-state index in [1.807, 2.05) is 21.6 Å². The van der Waals surface area contributed by atoms with Crippen molar-refractivity contribution in [3.63, 3.8) is 0 Å². The van der Waals surface area contributed by atoms with Gasteiger partial charge in [0.2, 0.25) is 5.82 Å². The molecule has 1 saturated carbocycles. The van der Waals surface area contributed by atoms with Gasteiger partial charge in [0.25, 0.3) is 11.8 Å². The number of hydrogen-bond acceptors (Lipinski definition) is 5. The Hall–Kier alpha value is -2.22. The van der Waals surface area contributed by atoms with Gasteiger partial charge in [0.15, 0.2) is 0 Å². The van der Waals surface area contributed by atoms with Crippen LogP contribution < -0.4 is 5.32 Å². The molecular formula is C19H23N5O2S. The Morgan fingerprint density at radius 3 is 2.81 bits per heavy atom. The maximum atomic E-state index is 13.2. The van der Waals surface area contributed by atoms with Gasteiger partial charge in [-0.3, -0.25) is 9.59 Å². The Kier molecular flexibility index (Phi) is 4.22. The summed E-state index contributed by atoms with van der Waals surface area (Å²) in [4.78, 5) is 29.2. The number of aryl methyl sites for hydroxylation is 1. The molecule has 2 aromatic rings. The van der Waals surface area contributed by atoms with E-state index in [0.717, 1.165) is 73.6 Å². The fraction of sp³-hybridized carbons (Fsp3) is 0.579. The highest BCUT2D eigenvalue weighted by molar-refractivity contribution is 7.14. The maximum absolute atomic E-state index is 13.2. The first-order chi connectivity index (χ1) is 13.2. The second kappa shape index (κ2) is 6.74. The predicted molar refractivity (Wildman–Crippen MR) is 101 cm³/mol. The fourth-order valence-electron chi connectivity index (χ4n) is 4.04. The summed E-state index contributed by atoms with van der Waals surface area (Å²) in [5.41, 5.74) is 0. The number of fused-ring (bicyclic) bond motifs is 1. The van der Waals surface area contributed by atoms with E-state index in [9.17, 15) is 9.59 Å². The lowest BCUT2D eigenvalue weighted by Crippen LogP contribution is -2.33. The first-order valence-electron chi connectivity index (χ1n) is 9.84. The molecule has 2 aromatic heterocycles. The zero-order valence-electron chi connectivity index (χ0n) is 15.2. The minimum Gasteiger partial charge on any atom is -0.349 e. The van der Waals surface area contributed by atoms with Crippen LogP contribution in [0.25, 0.3) is 0 Å². The minimum atomic E-state index is -0.0319. The molecule has 0 spiro atoms. The maximum Gasteiger partial charge on any atom is 0.292 e. The van der Waals surface area contributed by atoms with Gasteiger partial charge in [0.1, 0.15) is 5.82 Å². The average Bonchev–Trinajstić information content (AvgIpc) is 3.12. The van der Waals surface area contributed by atoms with Gasteiger partial charge >= 0.3 is 0 Å². The molecule has 2 amide bonds. The zero-order valence-corrected chi connectivity index (χ0v) is 16.0. The number of nitrogens with one attached hydrogen (secondary N) is 1. The SMILES string of the molecule is O=C(NC1CC1)c1ccc([C@H]2CCCN2C(=O)c2nnc3n2CCCC3)s1. The van der Waals surface area contributed by atoms with Crippen molar-refractivity contribution < 1.29 is 9.59 Å². The Morgan fingerprint density at radius 2 is 1.96 bits per heavy atom. The minimum absolute atomic E-state index is 0.0103. The lowest BCUT2D eigenvalue weighted by molar-refractivity contribution is 0.0718. The van der Waals surface area contributed by atoms with Crippen LogP contribution in [0, 0.1) is 0 Å². The van der Waals surface area contributed by atoms with Gasteiger partial charge in [-0.05, 0) is 50.7 Å². The molecule has 3 aliphatic rings. The summed E-state index contributed by atoms with van der Waals surface area (Å²) < 4.78 is 1.99. The van der Waals surface area contributed by atoms with E-state index in [1.165, 1.54) is 11.3 Å². The summed E-state index contributed by atoms with van der Waals surface area (Å²) in [5, 5.41) is 11.5. The van der Waals surface area contributed by atoms with Crippen LogP contribution in [0.15, 0.2) is 12.1 Å². The summed E-state index contributed by atoms with van der Waals surface area (Å²) in [6.07, 6.45) is 7.14. The molecule has 2 aliphatic heterocycles. The summed E-state index contributed by atoms with van der Waals surface area (Å²) in [6.45, 7) is 1.56. The van der Waals surface area contributed by atoms with Crippen molar-refractivity contribution in [2.75, 3.05) is 6.54 Å². The second-order valence-electron chi connectivity index (χ2n) is 7.65. The molecule has 1 saturated heterocycles. The van der Waals surface area contributed by atoms with Crippen LogP contribution in [0.4, 0.5) is 0 Å². The molecule has 0 radical (unpaired) electrons. The highest BCUT2D eigenvalue weighted by atomic mass is 32.1. The molecule has 4 heterocycles. The largest absolute Gasteiger partial charge is 0.349 e. The van der Waals surface area contributed by atoms with Crippen molar-refractivity contribution >= 4 is 23.2 Å². The first-order valence-corrected chi connectivity index (χ1v) is 10.7. The van der Waals surface area contributed by atoms with E-state index >= 15 is 0 Å². The van der Waals surface area contributed by atoms with Gasteiger partial charge in [0.05, 0.1) is 10.9 Å². The third-order valence-electron chi connectivity index (χ3n) is 5.66. The quantitative estimate of drug-likeness (QED) is 0.877. The Labute approximate surface area is 161 Å². The molecule has 0 aromatic carbocycles. The molecule has 27 heavy (non-hydrogen) atoms. The van der Waals surface area contributed by atoms with Gasteiger partial charge in [0, 0.05) is 30.4 Å². The number of thiophene rings is 1. The van der Waals surface area contributed by atoms with Crippen LogP contribution in [0.3, 0.4) is 0 Å². The molecule has 1 atom stereocenters. The van der Waals surface area contributed by atoms with Gasteiger partial charge in [-0.25, -0.2) is 0 Å². The summed E-state index contributed by atoms with van der Waals surface area (Å²) in [7, 11) is 0. The lowest BCUT2D eigenvalue weighted by atomic mass is 10.1. The summed E-state index contributed by atoms with van der Waals surface area (Å²) >= 11 is 1.51. The zero-order chi connectivity index (χ0) is 18.4. The van der Waals surface area contributed by atoms with Crippen molar-refractivity contribution in [3.8, 4) is 0 Å². The van der Waals surface area contributed by atoms with Gasteiger partial charge < -0.3 is 14.8 Å². The van der Waals surface area contributed by atoms with Crippen molar-refractivity contribution in [2.24, 2.45) is 0 Å². The summed E-state index contributed by atoms with van der Waals surface area (Å²) in [5.74, 6) is 1.38. The monoisotopic (exact) mass is 385 g/mol. The highest BCUT2D eigenvalue weighted by Gasteiger charge is 2.35. The van der Waals surface area contributed by atoms with Gasteiger partial charge in [-0.15, -0.1) is 21.5 Å². The fourth-order valence-corrected chi connectivity index (χ4v) is 5.10.